The van der Waals surface area contributed by atoms with Crippen LogP contribution in [0.2, 0.25) is 0 Å². The lowest BCUT2D eigenvalue weighted by Crippen LogP contribution is -2.16. The fourth-order valence-electron chi connectivity index (χ4n) is 2.16. The standard InChI is InChI=1S/C14H14BrNS/c15-12-6-7-17-14(12)9-16-13-8-11(13)10-4-2-1-3-5-10/h1-7,11,13,16H,8-9H2/t11-,13+/m0/s1. The fraction of sp³-hybridized carbons (Fsp3) is 0.286. The summed E-state index contributed by atoms with van der Waals surface area (Å²) in [4.78, 5) is 1.39. The van der Waals surface area contributed by atoms with Crippen molar-refractivity contribution >= 4 is 27.3 Å². The van der Waals surface area contributed by atoms with Crippen molar-refractivity contribution in [3.63, 3.8) is 0 Å². The second-order valence-corrected chi connectivity index (χ2v) is 6.29. The molecule has 1 fully saturated rings. The van der Waals surface area contributed by atoms with E-state index in [1.54, 1.807) is 11.3 Å². The van der Waals surface area contributed by atoms with Gasteiger partial charge in [-0.3, -0.25) is 0 Å². The largest absolute Gasteiger partial charge is 0.308 e. The van der Waals surface area contributed by atoms with Crippen molar-refractivity contribution < 1.29 is 0 Å². The second kappa shape index (κ2) is 4.92. The molecular weight excluding hydrogens is 294 g/mol. The van der Waals surface area contributed by atoms with E-state index in [-0.39, 0.29) is 0 Å². The first-order chi connectivity index (χ1) is 8.34. The third kappa shape index (κ3) is 2.62. The van der Waals surface area contributed by atoms with Crippen molar-refractivity contribution in [3.8, 4) is 0 Å². The smallest absolute Gasteiger partial charge is 0.0327 e. The third-order valence-electron chi connectivity index (χ3n) is 3.23. The van der Waals surface area contributed by atoms with E-state index < -0.39 is 0 Å². The molecule has 0 saturated heterocycles. The molecule has 17 heavy (non-hydrogen) atoms. The first-order valence-electron chi connectivity index (χ1n) is 5.85. The van der Waals surface area contributed by atoms with Gasteiger partial charge in [-0.15, -0.1) is 11.3 Å². The molecule has 0 spiro atoms. The van der Waals surface area contributed by atoms with Gasteiger partial charge in [-0.05, 0) is 39.4 Å². The van der Waals surface area contributed by atoms with Crippen molar-refractivity contribution in [3.05, 3.63) is 56.7 Å². The lowest BCUT2D eigenvalue weighted by atomic mass is 10.1. The first kappa shape index (κ1) is 11.5. The Morgan fingerprint density at radius 1 is 1.24 bits per heavy atom. The van der Waals surface area contributed by atoms with E-state index in [0.29, 0.717) is 6.04 Å². The Bertz CT molecular complexity index is 494. The minimum absolute atomic E-state index is 0.659. The summed E-state index contributed by atoms with van der Waals surface area (Å²) < 4.78 is 1.23. The molecule has 1 aliphatic carbocycles. The van der Waals surface area contributed by atoms with Crippen LogP contribution in [0.3, 0.4) is 0 Å². The van der Waals surface area contributed by atoms with Gasteiger partial charge in [0.25, 0.3) is 0 Å². The van der Waals surface area contributed by atoms with E-state index in [1.807, 2.05) is 0 Å². The first-order valence-corrected chi connectivity index (χ1v) is 7.52. The normalized spacial score (nSPS) is 22.6. The van der Waals surface area contributed by atoms with Crippen LogP contribution in [0.15, 0.2) is 46.3 Å². The Kier molecular flexibility index (Phi) is 3.32. The van der Waals surface area contributed by atoms with Crippen LogP contribution >= 0.6 is 27.3 Å². The van der Waals surface area contributed by atoms with E-state index in [9.17, 15) is 0 Å². The summed E-state index contributed by atoms with van der Waals surface area (Å²) in [6, 6.07) is 13.6. The second-order valence-electron chi connectivity index (χ2n) is 4.43. The molecular formula is C14H14BrNS. The summed E-state index contributed by atoms with van der Waals surface area (Å²) >= 11 is 5.37. The van der Waals surface area contributed by atoms with Crippen LogP contribution in [0.4, 0.5) is 0 Å². The highest BCUT2D eigenvalue weighted by Crippen LogP contribution is 2.41. The lowest BCUT2D eigenvalue weighted by molar-refractivity contribution is 0.678. The highest BCUT2D eigenvalue weighted by molar-refractivity contribution is 9.10. The van der Waals surface area contributed by atoms with Gasteiger partial charge in [-0.2, -0.15) is 0 Å². The molecule has 1 heterocycles. The van der Waals surface area contributed by atoms with Crippen LogP contribution < -0.4 is 5.32 Å². The van der Waals surface area contributed by atoms with E-state index in [0.717, 1.165) is 12.5 Å². The Morgan fingerprint density at radius 3 is 2.76 bits per heavy atom. The Morgan fingerprint density at radius 2 is 2.06 bits per heavy atom. The van der Waals surface area contributed by atoms with Gasteiger partial charge in [0, 0.05) is 27.9 Å². The maximum atomic E-state index is 3.63. The Balaban J connectivity index is 1.55. The van der Waals surface area contributed by atoms with E-state index in [4.69, 9.17) is 0 Å². The molecule has 1 aromatic carbocycles. The SMILES string of the molecule is Brc1ccsc1CN[C@@H]1C[C@H]1c1ccccc1. The zero-order valence-corrected chi connectivity index (χ0v) is 11.8. The number of hydrogen-bond donors (Lipinski definition) is 1. The minimum atomic E-state index is 0.659. The molecule has 0 radical (unpaired) electrons. The monoisotopic (exact) mass is 307 g/mol. The van der Waals surface area contributed by atoms with Gasteiger partial charge < -0.3 is 5.32 Å². The number of halogens is 1. The summed E-state index contributed by atoms with van der Waals surface area (Å²) in [5.41, 5.74) is 1.47. The number of nitrogens with one attached hydrogen (secondary N) is 1. The highest BCUT2D eigenvalue weighted by atomic mass is 79.9. The fourth-order valence-corrected chi connectivity index (χ4v) is 3.61. The maximum Gasteiger partial charge on any atom is 0.0327 e. The van der Waals surface area contributed by atoms with E-state index >= 15 is 0 Å². The van der Waals surface area contributed by atoms with E-state index in [2.05, 4.69) is 63.0 Å². The Labute approximate surface area is 114 Å². The van der Waals surface area contributed by atoms with Gasteiger partial charge >= 0.3 is 0 Å². The quantitative estimate of drug-likeness (QED) is 0.894. The van der Waals surface area contributed by atoms with Gasteiger partial charge in [0.2, 0.25) is 0 Å². The van der Waals surface area contributed by atoms with Gasteiger partial charge in [0.05, 0.1) is 0 Å². The Hall–Kier alpha value is -0.640. The molecule has 88 valence electrons. The van der Waals surface area contributed by atoms with Gasteiger partial charge in [0.15, 0.2) is 0 Å². The van der Waals surface area contributed by atoms with Gasteiger partial charge in [0.1, 0.15) is 0 Å². The number of benzene rings is 1. The van der Waals surface area contributed by atoms with Crippen LogP contribution in [0.5, 0.6) is 0 Å². The molecule has 2 aromatic rings. The van der Waals surface area contributed by atoms with Crippen molar-refractivity contribution in [2.75, 3.05) is 0 Å². The molecule has 0 unspecified atom stereocenters. The zero-order chi connectivity index (χ0) is 11.7. The van der Waals surface area contributed by atoms with Crippen LogP contribution in [0.25, 0.3) is 0 Å². The lowest BCUT2D eigenvalue weighted by Gasteiger charge is -2.03. The molecule has 1 N–H and O–H groups in total. The topological polar surface area (TPSA) is 12.0 Å². The van der Waals surface area contributed by atoms with Crippen LogP contribution in [-0.4, -0.2) is 6.04 Å². The summed E-state index contributed by atoms with van der Waals surface area (Å²) in [6.07, 6.45) is 1.27. The zero-order valence-electron chi connectivity index (χ0n) is 9.40. The predicted octanol–water partition coefficient (Wildman–Crippen LogP) is 4.16. The summed E-state index contributed by atoms with van der Waals surface area (Å²) in [5, 5.41) is 5.76. The third-order valence-corrected chi connectivity index (χ3v) is 5.16. The molecule has 1 aromatic heterocycles. The molecule has 0 amide bonds. The average molecular weight is 308 g/mol. The molecule has 3 heteroatoms. The highest BCUT2D eigenvalue weighted by Gasteiger charge is 2.37. The molecule has 0 aliphatic heterocycles. The van der Waals surface area contributed by atoms with Crippen molar-refractivity contribution in [2.45, 2.75) is 24.9 Å². The molecule has 2 atom stereocenters. The van der Waals surface area contributed by atoms with Gasteiger partial charge in [-0.25, -0.2) is 0 Å². The van der Waals surface area contributed by atoms with Crippen LogP contribution in [0.1, 0.15) is 22.8 Å². The molecule has 0 bridgehead atoms. The van der Waals surface area contributed by atoms with Crippen LogP contribution in [-0.2, 0) is 6.54 Å². The number of thiophene rings is 1. The maximum absolute atomic E-state index is 3.63. The van der Waals surface area contributed by atoms with Gasteiger partial charge in [-0.1, -0.05) is 30.3 Å². The molecule has 1 saturated carbocycles. The number of hydrogen-bond acceptors (Lipinski definition) is 2. The van der Waals surface area contributed by atoms with Crippen molar-refractivity contribution in [1.82, 2.24) is 5.32 Å². The molecule has 3 rings (SSSR count). The van der Waals surface area contributed by atoms with E-state index in [1.165, 1.54) is 21.3 Å². The van der Waals surface area contributed by atoms with Crippen LogP contribution in [0, 0.1) is 0 Å². The summed E-state index contributed by atoms with van der Waals surface area (Å²) in [5.74, 6) is 0.718. The molecule has 1 aliphatic rings. The number of rotatable bonds is 4. The predicted molar refractivity (Wildman–Crippen MR) is 76.4 cm³/mol. The molecule has 1 nitrogen and oxygen atoms in total. The minimum Gasteiger partial charge on any atom is -0.308 e. The average Bonchev–Trinajstić information content (AvgIpc) is 3.04. The van der Waals surface area contributed by atoms with Crippen molar-refractivity contribution in [2.24, 2.45) is 0 Å². The summed E-state index contributed by atoms with van der Waals surface area (Å²) in [6.45, 7) is 0.978. The van der Waals surface area contributed by atoms with Crippen molar-refractivity contribution in [1.29, 1.82) is 0 Å². The summed E-state index contributed by atoms with van der Waals surface area (Å²) in [7, 11) is 0.